The van der Waals surface area contributed by atoms with Gasteiger partial charge in [-0.3, -0.25) is 19.2 Å². The van der Waals surface area contributed by atoms with Gasteiger partial charge in [0.25, 0.3) is 5.91 Å². The average Bonchev–Trinajstić information content (AvgIpc) is 2.99. The van der Waals surface area contributed by atoms with Crippen LogP contribution in [0.3, 0.4) is 0 Å². The van der Waals surface area contributed by atoms with E-state index < -0.39 is 35.9 Å². The van der Waals surface area contributed by atoms with E-state index in [4.69, 9.17) is 5.11 Å². The van der Waals surface area contributed by atoms with Gasteiger partial charge in [0.2, 0.25) is 5.91 Å². The smallest absolute Gasteiger partial charge is 0.389 e. The number of rotatable bonds is 8. The second-order valence-corrected chi connectivity index (χ2v) is 10.8. The number of allylic oxidation sites excluding steroid dienone is 1. The Bertz CT molecular complexity index is 1440. The number of Topliss-reactive ketones (excluding diaryl/α,β-unsaturated/α-hetero) is 2. The first-order valence-electron chi connectivity index (χ1n) is 14.0. The number of nitrogens with zero attached hydrogens (tertiary/aromatic N) is 2. The first-order valence-corrected chi connectivity index (χ1v) is 14.0. The van der Waals surface area contributed by atoms with Crippen LogP contribution < -0.4 is 0 Å². The fourth-order valence-electron chi connectivity index (χ4n) is 5.29. The van der Waals surface area contributed by atoms with Crippen molar-refractivity contribution < 1.29 is 50.6 Å². The summed E-state index contributed by atoms with van der Waals surface area (Å²) in [6, 6.07) is 5.64. The maximum atomic E-state index is 13.3. The monoisotopic (exact) mass is 624 g/mol. The predicted octanol–water partition coefficient (Wildman–Crippen LogP) is 5.34. The second kappa shape index (κ2) is 13.3. The molecule has 13 heteroatoms. The van der Waals surface area contributed by atoms with E-state index in [0.717, 1.165) is 6.08 Å². The Balaban J connectivity index is 1.41. The number of unbranched alkanes of at least 4 members (excludes halogenated alkanes) is 1. The van der Waals surface area contributed by atoms with Gasteiger partial charge in [0.1, 0.15) is 6.61 Å². The van der Waals surface area contributed by atoms with Gasteiger partial charge in [0, 0.05) is 55.7 Å². The van der Waals surface area contributed by atoms with Gasteiger partial charge in [-0.1, -0.05) is 0 Å². The van der Waals surface area contributed by atoms with E-state index in [1.54, 1.807) is 15.9 Å². The largest absolute Gasteiger partial charge is 0.416 e. The maximum Gasteiger partial charge on any atom is 0.416 e. The standard InChI is InChI=1S/C31H30F6N2O5/c32-30(33,34)23-14-19(15-24(17-23)31(35,36)37)13-21-6-5-20-16-22(7-8-26(20)28(21)43)29(44)39-11-9-38(10-12-39)27(42)4-2-1-3-25(41)18-40/h7-8,13-17,40H,1-6,9-12,18H2/b21-13+. The molecule has 1 aliphatic heterocycles. The van der Waals surface area contributed by atoms with Crippen molar-refractivity contribution in [3.8, 4) is 0 Å². The molecule has 2 aliphatic rings. The third kappa shape index (κ3) is 7.93. The summed E-state index contributed by atoms with van der Waals surface area (Å²) >= 11 is 0. The summed E-state index contributed by atoms with van der Waals surface area (Å²) in [5.41, 5.74) is -2.18. The van der Waals surface area contributed by atoms with Crippen molar-refractivity contribution in [2.75, 3.05) is 32.8 Å². The number of halogens is 6. The lowest BCUT2D eigenvalue weighted by Gasteiger charge is -2.35. The molecule has 0 saturated carbocycles. The minimum absolute atomic E-state index is 0.0307. The molecule has 236 valence electrons. The van der Waals surface area contributed by atoms with Gasteiger partial charge in [-0.2, -0.15) is 26.3 Å². The molecule has 0 radical (unpaired) electrons. The van der Waals surface area contributed by atoms with Gasteiger partial charge < -0.3 is 14.9 Å². The lowest BCUT2D eigenvalue weighted by Crippen LogP contribution is -2.50. The van der Waals surface area contributed by atoms with Crippen molar-refractivity contribution in [3.63, 3.8) is 0 Å². The molecule has 0 unspecified atom stereocenters. The van der Waals surface area contributed by atoms with Gasteiger partial charge in [-0.05, 0) is 79.3 Å². The Hall–Kier alpha value is -4.00. The first kappa shape index (κ1) is 32.9. The fraction of sp³-hybridized carbons (Fsp3) is 0.419. The summed E-state index contributed by atoms with van der Waals surface area (Å²) in [7, 11) is 0. The van der Waals surface area contributed by atoms with Crippen LogP contribution in [0.4, 0.5) is 26.3 Å². The highest BCUT2D eigenvalue weighted by molar-refractivity contribution is 6.13. The Morgan fingerprint density at radius 2 is 1.39 bits per heavy atom. The summed E-state index contributed by atoms with van der Waals surface area (Å²) in [6.45, 7) is 0.758. The molecule has 0 bridgehead atoms. The number of aryl methyl sites for hydroxylation is 1. The predicted molar refractivity (Wildman–Crippen MR) is 147 cm³/mol. The summed E-state index contributed by atoms with van der Waals surface area (Å²) in [5.74, 6) is -1.18. The second-order valence-electron chi connectivity index (χ2n) is 10.8. The Morgan fingerprint density at radius 3 is 1.98 bits per heavy atom. The molecule has 4 rings (SSSR count). The lowest BCUT2D eigenvalue weighted by atomic mass is 9.84. The number of carbonyl (C=O) groups excluding carboxylic acids is 4. The Labute approximate surface area is 249 Å². The lowest BCUT2D eigenvalue weighted by molar-refractivity contribution is -0.143. The number of ketones is 2. The topological polar surface area (TPSA) is 95.0 Å². The number of amides is 2. The number of hydrogen-bond donors (Lipinski definition) is 1. The van der Waals surface area contributed by atoms with Crippen molar-refractivity contribution in [1.29, 1.82) is 0 Å². The van der Waals surface area contributed by atoms with E-state index in [1.807, 2.05) is 0 Å². The van der Waals surface area contributed by atoms with E-state index in [0.29, 0.717) is 62.3 Å². The molecule has 1 saturated heterocycles. The molecule has 1 fully saturated rings. The molecule has 1 heterocycles. The zero-order valence-corrected chi connectivity index (χ0v) is 23.6. The molecule has 0 aromatic heterocycles. The number of fused-ring (bicyclic) bond motifs is 1. The van der Waals surface area contributed by atoms with Gasteiger partial charge in [0.15, 0.2) is 11.6 Å². The average molecular weight is 625 g/mol. The molecule has 1 aliphatic carbocycles. The molecule has 44 heavy (non-hydrogen) atoms. The Kier molecular flexibility index (Phi) is 9.97. The van der Waals surface area contributed by atoms with E-state index in [1.165, 1.54) is 12.1 Å². The Morgan fingerprint density at radius 1 is 0.795 bits per heavy atom. The molecular formula is C31H30F6N2O5. The minimum Gasteiger partial charge on any atom is -0.389 e. The van der Waals surface area contributed by atoms with Crippen LogP contribution in [0, 0.1) is 0 Å². The number of aliphatic hydroxyl groups is 1. The number of aliphatic hydroxyl groups excluding tert-OH is 1. The molecule has 2 aromatic rings. The number of carbonyl (C=O) groups is 4. The third-order valence-corrected chi connectivity index (χ3v) is 7.70. The molecule has 0 atom stereocenters. The van der Waals surface area contributed by atoms with Crippen molar-refractivity contribution in [2.24, 2.45) is 0 Å². The number of alkyl halides is 6. The third-order valence-electron chi connectivity index (χ3n) is 7.70. The van der Waals surface area contributed by atoms with Crippen molar-refractivity contribution >= 4 is 29.5 Å². The van der Waals surface area contributed by atoms with Gasteiger partial charge >= 0.3 is 12.4 Å². The summed E-state index contributed by atoms with van der Waals surface area (Å²) < 4.78 is 79.5. The van der Waals surface area contributed by atoms with Crippen LogP contribution in [-0.2, 0) is 28.4 Å². The van der Waals surface area contributed by atoms with Crippen LogP contribution in [0.5, 0.6) is 0 Å². The number of piperazine rings is 1. The zero-order valence-electron chi connectivity index (χ0n) is 23.6. The van der Waals surface area contributed by atoms with Gasteiger partial charge in [0.05, 0.1) is 11.1 Å². The van der Waals surface area contributed by atoms with Crippen LogP contribution in [-0.4, -0.2) is 71.1 Å². The fourth-order valence-corrected chi connectivity index (χ4v) is 5.29. The highest BCUT2D eigenvalue weighted by atomic mass is 19.4. The van der Waals surface area contributed by atoms with Gasteiger partial charge in [-0.25, -0.2) is 0 Å². The quantitative estimate of drug-likeness (QED) is 0.243. The minimum atomic E-state index is -5.01. The summed E-state index contributed by atoms with van der Waals surface area (Å²) in [6.07, 6.45) is -7.15. The van der Waals surface area contributed by atoms with Crippen LogP contribution in [0.15, 0.2) is 42.0 Å². The van der Waals surface area contributed by atoms with E-state index in [9.17, 15) is 45.5 Å². The molecule has 0 spiro atoms. The first-order chi connectivity index (χ1) is 20.7. The number of hydrogen-bond acceptors (Lipinski definition) is 5. The van der Waals surface area contributed by atoms with Crippen LogP contribution in [0.1, 0.15) is 75.1 Å². The molecule has 2 aromatic carbocycles. The highest BCUT2D eigenvalue weighted by Crippen LogP contribution is 2.37. The van der Waals surface area contributed by atoms with Crippen molar-refractivity contribution in [1.82, 2.24) is 9.80 Å². The van der Waals surface area contributed by atoms with Crippen molar-refractivity contribution in [2.45, 2.75) is 50.9 Å². The highest BCUT2D eigenvalue weighted by Gasteiger charge is 2.37. The molecular weight excluding hydrogens is 594 g/mol. The van der Waals surface area contributed by atoms with Crippen LogP contribution in [0.25, 0.3) is 6.08 Å². The summed E-state index contributed by atoms with van der Waals surface area (Å²) in [5, 5.41) is 8.75. The summed E-state index contributed by atoms with van der Waals surface area (Å²) in [4.78, 5) is 53.2. The van der Waals surface area contributed by atoms with Crippen LogP contribution in [0.2, 0.25) is 0 Å². The normalized spacial score (nSPS) is 16.7. The SMILES string of the molecule is O=C(CO)CCCCC(=O)N1CCN(C(=O)c2ccc3c(c2)CC/C(=C\c2cc(C(F)(F)F)cc(C(F)(F)F)c2)C3=O)CC1. The molecule has 2 amide bonds. The zero-order chi connectivity index (χ0) is 32.2. The van der Waals surface area contributed by atoms with E-state index in [-0.39, 0.29) is 66.0 Å². The molecule has 7 nitrogen and oxygen atoms in total. The van der Waals surface area contributed by atoms with E-state index >= 15 is 0 Å². The molecule has 1 N–H and O–H groups in total. The maximum absolute atomic E-state index is 13.3. The number of benzene rings is 2. The van der Waals surface area contributed by atoms with Crippen molar-refractivity contribution in [3.05, 3.63) is 75.4 Å². The van der Waals surface area contributed by atoms with Gasteiger partial charge in [-0.15, -0.1) is 0 Å². The van der Waals surface area contributed by atoms with Crippen LogP contribution >= 0.6 is 0 Å². The van der Waals surface area contributed by atoms with E-state index in [2.05, 4.69) is 0 Å².